The Morgan fingerprint density at radius 2 is 1.81 bits per heavy atom. The van der Waals surface area contributed by atoms with Crippen molar-refractivity contribution in [1.82, 2.24) is 4.72 Å². The lowest BCUT2D eigenvalue weighted by Gasteiger charge is -2.26. The van der Waals surface area contributed by atoms with Crippen LogP contribution in [0.4, 0.5) is 13.2 Å². The van der Waals surface area contributed by atoms with E-state index in [4.69, 9.17) is 5.73 Å². The molecule has 4 nitrogen and oxygen atoms in total. The SMILES string of the molecule is Cc1c(C(F)(F)F)cccc1S(=O)(=O)NC(C)(C)CCN. The van der Waals surface area contributed by atoms with Crippen molar-refractivity contribution in [1.29, 1.82) is 0 Å². The lowest BCUT2D eigenvalue weighted by molar-refractivity contribution is -0.138. The molecule has 8 heteroatoms. The molecule has 1 rings (SSSR count). The molecule has 0 aromatic heterocycles. The summed E-state index contributed by atoms with van der Waals surface area (Å²) in [7, 11) is -4.06. The smallest absolute Gasteiger partial charge is 0.330 e. The van der Waals surface area contributed by atoms with Crippen molar-refractivity contribution in [2.75, 3.05) is 6.54 Å². The molecule has 0 aliphatic rings. The summed E-state index contributed by atoms with van der Waals surface area (Å²) in [6.07, 6.45) is -4.23. The molecule has 0 saturated carbocycles. The highest BCUT2D eigenvalue weighted by Gasteiger charge is 2.35. The quantitative estimate of drug-likeness (QED) is 0.874. The van der Waals surface area contributed by atoms with Gasteiger partial charge in [0.25, 0.3) is 0 Å². The Morgan fingerprint density at radius 1 is 1.24 bits per heavy atom. The van der Waals surface area contributed by atoms with Crippen LogP contribution in [0.3, 0.4) is 0 Å². The molecule has 120 valence electrons. The number of nitrogens with one attached hydrogen (secondary N) is 1. The molecule has 0 aliphatic heterocycles. The molecule has 21 heavy (non-hydrogen) atoms. The van der Waals surface area contributed by atoms with Crippen molar-refractivity contribution in [3.8, 4) is 0 Å². The molecular formula is C13H19F3N2O2S. The van der Waals surface area contributed by atoms with E-state index in [1.165, 1.54) is 0 Å². The zero-order valence-electron chi connectivity index (χ0n) is 12.1. The highest BCUT2D eigenvalue weighted by molar-refractivity contribution is 7.89. The molecule has 1 aromatic carbocycles. The average Bonchev–Trinajstić information content (AvgIpc) is 2.25. The number of hydrogen-bond acceptors (Lipinski definition) is 3. The molecule has 1 aromatic rings. The van der Waals surface area contributed by atoms with Crippen LogP contribution in [0, 0.1) is 6.92 Å². The van der Waals surface area contributed by atoms with Crippen LogP contribution in [0.15, 0.2) is 23.1 Å². The second-order valence-corrected chi connectivity index (χ2v) is 7.11. The molecule has 0 heterocycles. The van der Waals surface area contributed by atoms with Crippen LogP contribution in [0.2, 0.25) is 0 Å². The lowest BCUT2D eigenvalue weighted by Crippen LogP contribution is -2.44. The maximum atomic E-state index is 12.8. The lowest BCUT2D eigenvalue weighted by atomic mass is 10.0. The van der Waals surface area contributed by atoms with E-state index < -0.39 is 27.3 Å². The van der Waals surface area contributed by atoms with Gasteiger partial charge < -0.3 is 5.73 Å². The fourth-order valence-corrected chi connectivity index (χ4v) is 3.75. The predicted octanol–water partition coefficient (Wildman–Crippen LogP) is 2.42. The maximum absolute atomic E-state index is 12.8. The van der Waals surface area contributed by atoms with Gasteiger partial charge >= 0.3 is 6.18 Å². The van der Waals surface area contributed by atoms with E-state index in [-0.39, 0.29) is 17.0 Å². The molecular weight excluding hydrogens is 305 g/mol. The fraction of sp³-hybridized carbons (Fsp3) is 0.538. The highest BCUT2D eigenvalue weighted by Crippen LogP contribution is 2.34. The van der Waals surface area contributed by atoms with E-state index in [0.29, 0.717) is 6.42 Å². The van der Waals surface area contributed by atoms with Gasteiger partial charge in [-0.3, -0.25) is 0 Å². The van der Waals surface area contributed by atoms with Gasteiger partial charge in [-0.15, -0.1) is 0 Å². The van der Waals surface area contributed by atoms with E-state index in [1.54, 1.807) is 13.8 Å². The number of benzene rings is 1. The molecule has 0 fully saturated rings. The number of nitrogens with two attached hydrogens (primary N) is 1. The van der Waals surface area contributed by atoms with Crippen LogP contribution in [-0.4, -0.2) is 20.5 Å². The Balaban J connectivity index is 3.28. The first-order valence-electron chi connectivity index (χ1n) is 6.31. The Bertz CT molecular complexity index is 610. The third-order valence-electron chi connectivity index (χ3n) is 3.06. The van der Waals surface area contributed by atoms with E-state index in [2.05, 4.69) is 4.72 Å². The maximum Gasteiger partial charge on any atom is 0.416 e. The van der Waals surface area contributed by atoms with Gasteiger partial charge in [0.05, 0.1) is 10.5 Å². The van der Waals surface area contributed by atoms with E-state index >= 15 is 0 Å². The molecule has 0 radical (unpaired) electrons. The Hall–Kier alpha value is -1.12. The first-order chi connectivity index (χ1) is 9.41. The zero-order valence-corrected chi connectivity index (χ0v) is 12.9. The monoisotopic (exact) mass is 324 g/mol. The molecule has 0 unspecified atom stereocenters. The second kappa shape index (κ2) is 5.94. The van der Waals surface area contributed by atoms with Crippen LogP contribution in [-0.2, 0) is 16.2 Å². The van der Waals surface area contributed by atoms with Gasteiger partial charge in [0.2, 0.25) is 10.0 Å². The third-order valence-corrected chi connectivity index (χ3v) is 4.90. The summed E-state index contributed by atoms with van der Waals surface area (Å²) in [5.74, 6) is 0. The van der Waals surface area contributed by atoms with Gasteiger partial charge in [0, 0.05) is 5.54 Å². The molecule has 0 spiro atoms. The normalized spacial score (nSPS) is 13.5. The number of rotatable bonds is 5. The Labute approximate surface area is 122 Å². The topological polar surface area (TPSA) is 72.2 Å². The van der Waals surface area contributed by atoms with Crippen molar-refractivity contribution in [2.45, 2.75) is 43.8 Å². The second-order valence-electron chi connectivity index (χ2n) is 5.45. The summed E-state index contributed by atoms with van der Waals surface area (Å²) in [5, 5.41) is 0. The molecule has 3 N–H and O–H groups in total. The van der Waals surface area contributed by atoms with Crippen LogP contribution in [0.5, 0.6) is 0 Å². The molecule has 0 bridgehead atoms. The molecule has 0 saturated heterocycles. The first-order valence-corrected chi connectivity index (χ1v) is 7.80. The number of halogens is 3. The van der Waals surface area contributed by atoms with Gasteiger partial charge in [-0.05, 0) is 51.4 Å². The van der Waals surface area contributed by atoms with Gasteiger partial charge in [-0.25, -0.2) is 13.1 Å². The van der Waals surface area contributed by atoms with Crippen molar-refractivity contribution >= 4 is 10.0 Å². The minimum Gasteiger partial charge on any atom is -0.330 e. The summed E-state index contributed by atoms with van der Waals surface area (Å²) in [6.45, 7) is 4.66. The van der Waals surface area contributed by atoms with Crippen LogP contribution in [0.25, 0.3) is 0 Å². The largest absolute Gasteiger partial charge is 0.416 e. The average molecular weight is 324 g/mol. The standard InChI is InChI=1S/C13H19F3N2O2S/c1-9-10(13(14,15)16)5-4-6-11(9)21(19,20)18-12(2,3)7-8-17/h4-6,18H,7-8,17H2,1-3H3. The Morgan fingerprint density at radius 3 is 2.29 bits per heavy atom. The number of alkyl halides is 3. The van der Waals surface area contributed by atoms with Gasteiger partial charge in [0.15, 0.2) is 0 Å². The summed E-state index contributed by atoms with van der Waals surface area (Å²) < 4.78 is 65.5. The first kappa shape index (κ1) is 17.9. The zero-order chi connectivity index (χ0) is 16.5. The van der Waals surface area contributed by atoms with Crippen LogP contribution >= 0.6 is 0 Å². The third kappa shape index (κ3) is 4.42. The minimum absolute atomic E-state index is 0.261. The summed E-state index contributed by atoms with van der Waals surface area (Å²) >= 11 is 0. The highest BCUT2D eigenvalue weighted by atomic mass is 32.2. The predicted molar refractivity (Wildman–Crippen MR) is 74.3 cm³/mol. The molecule has 0 atom stereocenters. The number of hydrogen-bond donors (Lipinski definition) is 2. The van der Waals surface area contributed by atoms with Crippen molar-refractivity contribution in [2.24, 2.45) is 5.73 Å². The molecule has 0 aliphatic carbocycles. The summed E-state index contributed by atoms with van der Waals surface area (Å²) in [5.41, 5.74) is 3.29. The van der Waals surface area contributed by atoms with Crippen LogP contribution in [0.1, 0.15) is 31.4 Å². The summed E-state index contributed by atoms with van der Waals surface area (Å²) in [4.78, 5) is -0.373. The van der Waals surface area contributed by atoms with Crippen molar-refractivity contribution < 1.29 is 21.6 Å². The van der Waals surface area contributed by atoms with Crippen molar-refractivity contribution in [3.63, 3.8) is 0 Å². The molecule has 0 amide bonds. The number of sulfonamides is 1. The van der Waals surface area contributed by atoms with Gasteiger partial charge in [-0.2, -0.15) is 13.2 Å². The van der Waals surface area contributed by atoms with Gasteiger partial charge in [0.1, 0.15) is 0 Å². The van der Waals surface area contributed by atoms with E-state index in [9.17, 15) is 21.6 Å². The summed E-state index contributed by atoms with van der Waals surface area (Å²) in [6, 6.07) is 3.10. The van der Waals surface area contributed by atoms with E-state index in [0.717, 1.165) is 25.1 Å². The Kier molecular flexibility index (Phi) is 5.07. The van der Waals surface area contributed by atoms with Gasteiger partial charge in [-0.1, -0.05) is 6.07 Å². The van der Waals surface area contributed by atoms with E-state index in [1.807, 2.05) is 0 Å². The minimum atomic E-state index is -4.59. The van der Waals surface area contributed by atoms with Crippen LogP contribution < -0.4 is 10.5 Å². The fourth-order valence-electron chi connectivity index (χ4n) is 2.04. The van der Waals surface area contributed by atoms with Crippen molar-refractivity contribution in [3.05, 3.63) is 29.3 Å².